The smallest absolute Gasteiger partial charge is 0.257 e. The van der Waals surface area contributed by atoms with E-state index < -0.39 is 0 Å². The summed E-state index contributed by atoms with van der Waals surface area (Å²) in [5.41, 5.74) is 1.02. The normalized spacial score (nSPS) is 10.2. The highest BCUT2D eigenvalue weighted by Crippen LogP contribution is 2.31. The van der Waals surface area contributed by atoms with Gasteiger partial charge in [-0.2, -0.15) is 0 Å². The molecule has 0 aliphatic rings. The van der Waals surface area contributed by atoms with Gasteiger partial charge in [-0.05, 0) is 36.2 Å². The summed E-state index contributed by atoms with van der Waals surface area (Å²) in [6, 6.07) is 10.7. The Morgan fingerprint density at radius 2 is 1.80 bits per heavy atom. The van der Waals surface area contributed by atoms with Crippen molar-refractivity contribution in [1.29, 1.82) is 0 Å². The van der Waals surface area contributed by atoms with Crippen molar-refractivity contribution in [2.24, 2.45) is 0 Å². The van der Waals surface area contributed by atoms with Crippen LogP contribution in [0.25, 0.3) is 0 Å². The molecule has 0 bridgehead atoms. The lowest BCUT2D eigenvalue weighted by Crippen LogP contribution is -2.30. The first kappa shape index (κ1) is 19.2. The third-order valence-electron chi connectivity index (χ3n) is 3.46. The first-order valence-corrected chi connectivity index (χ1v) is 8.35. The fraction of sp³-hybridized carbons (Fsp3) is 0.278. The summed E-state index contributed by atoms with van der Waals surface area (Å²) in [5, 5.41) is 3.47. The monoisotopic (exact) mass is 383 g/mol. The molecule has 0 radical (unpaired) electrons. The number of amides is 1. The lowest BCUT2D eigenvalue weighted by atomic mass is 10.1. The van der Waals surface area contributed by atoms with E-state index >= 15 is 0 Å². The van der Waals surface area contributed by atoms with Crippen molar-refractivity contribution in [2.75, 3.05) is 27.4 Å². The summed E-state index contributed by atoms with van der Waals surface area (Å²) in [6.45, 7) is 0.340. The van der Waals surface area contributed by atoms with Crippen LogP contribution < -0.4 is 19.5 Å². The first-order valence-electron chi connectivity index (χ1n) is 7.59. The molecule has 2 rings (SSSR count). The zero-order valence-corrected chi connectivity index (χ0v) is 15.5. The number of carbonyl (C=O) groups is 1. The van der Waals surface area contributed by atoms with Crippen LogP contribution in [-0.2, 0) is 11.2 Å². The van der Waals surface area contributed by atoms with Crippen molar-refractivity contribution < 1.29 is 19.0 Å². The van der Waals surface area contributed by atoms with Gasteiger partial charge in [-0.25, -0.2) is 0 Å². The van der Waals surface area contributed by atoms with Crippen LogP contribution in [0.15, 0.2) is 36.4 Å². The number of hydrogen-bond acceptors (Lipinski definition) is 4. The lowest BCUT2D eigenvalue weighted by molar-refractivity contribution is -0.123. The van der Waals surface area contributed by atoms with Gasteiger partial charge in [0.05, 0.1) is 19.2 Å². The molecule has 2 aromatic carbocycles. The Kier molecular flexibility index (Phi) is 7.22. The van der Waals surface area contributed by atoms with E-state index in [4.69, 9.17) is 37.4 Å². The fourth-order valence-corrected chi connectivity index (χ4v) is 2.52. The molecule has 5 nitrogen and oxygen atoms in total. The van der Waals surface area contributed by atoms with Crippen LogP contribution in [0.4, 0.5) is 0 Å². The van der Waals surface area contributed by atoms with Gasteiger partial charge in [0, 0.05) is 6.54 Å². The second kappa shape index (κ2) is 9.39. The molecule has 0 aliphatic heterocycles. The van der Waals surface area contributed by atoms with Crippen LogP contribution in [0.3, 0.4) is 0 Å². The molecule has 0 spiro atoms. The largest absolute Gasteiger partial charge is 0.493 e. The summed E-state index contributed by atoms with van der Waals surface area (Å²) in [4.78, 5) is 11.9. The molecule has 0 aromatic heterocycles. The Bertz CT molecular complexity index is 737. The number of ether oxygens (including phenoxy) is 3. The van der Waals surface area contributed by atoms with Crippen LogP contribution in [0.5, 0.6) is 17.2 Å². The Balaban J connectivity index is 1.80. The molecule has 0 unspecified atom stereocenters. The molecule has 0 heterocycles. The Morgan fingerprint density at radius 1 is 1.04 bits per heavy atom. The molecule has 1 N–H and O–H groups in total. The van der Waals surface area contributed by atoms with E-state index in [2.05, 4.69) is 5.32 Å². The molecule has 0 aliphatic carbocycles. The first-order chi connectivity index (χ1) is 12.0. The number of rotatable bonds is 8. The van der Waals surface area contributed by atoms with Gasteiger partial charge in [0.2, 0.25) is 0 Å². The van der Waals surface area contributed by atoms with Crippen LogP contribution in [0.1, 0.15) is 5.56 Å². The molecule has 134 valence electrons. The minimum absolute atomic E-state index is 0.133. The Labute approximate surface area is 156 Å². The molecule has 0 saturated carbocycles. The molecule has 0 atom stereocenters. The minimum Gasteiger partial charge on any atom is -0.493 e. The molecule has 25 heavy (non-hydrogen) atoms. The summed E-state index contributed by atoms with van der Waals surface area (Å²) in [5.74, 6) is 1.47. The number of hydrogen-bond donors (Lipinski definition) is 1. The molecule has 1 amide bonds. The second-order valence-electron chi connectivity index (χ2n) is 5.13. The highest BCUT2D eigenvalue weighted by atomic mass is 35.5. The quantitative estimate of drug-likeness (QED) is 0.753. The van der Waals surface area contributed by atoms with Crippen LogP contribution in [0, 0.1) is 0 Å². The van der Waals surface area contributed by atoms with E-state index in [1.807, 2.05) is 18.2 Å². The summed E-state index contributed by atoms with van der Waals surface area (Å²) in [6.07, 6.45) is 0.657. The van der Waals surface area contributed by atoms with Gasteiger partial charge in [0.15, 0.2) is 18.1 Å². The molecular weight excluding hydrogens is 365 g/mol. The van der Waals surface area contributed by atoms with Crippen LogP contribution >= 0.6 is 23.2 Å². The third-order valence-corrected chi connectivity index (χ3v) is 4.26. The molecule has 0 fully saturated rings. The summed E-state index contributed by atoms with van der Waals surface area (Å²) >= 11 is 11.9. The van der Waals surface area contributed by atoms with Crippen molar-refractivity contribution in [1.82, 2.24) is 5.32 Å². The van der Waals surface area contributed by atoms with E-state index in [0.717, 1.165) is 5.56 Å². The maximum Gasteiger partial charge on any atom is 0.257 e. The maximum atomic E-state index is 11.9. The number of methoxy groups -OCH3 is 2. The lowest BCUT2D eigenvalue weighted by Gasteiger charge is -2.11. The summed E-state index contributed by atoms with van der Waals surface area (Å²) < 4.78 is 15.8. The third kappa shape index (κ3) is 5.44. The number of benzene rings is 2. The SMILES string of the molecule is COc1ccc(CCNC(=O)COc2cccc(Cl)c2Cl)cc1OC. The summed E-state index contributed by atoms with van der Waals surface area (Å²) in [7, 11) is 3.17. The molecule has 7 heteroatoms. The Morgan fingerprint density at radius 3 is 2.52 bits per heavy atom. The molecule has 0 saturated heterocycles. The van der Waals surface area contributed by atoms with E-state index in [9.17, 15) is 4.79 Å². The van der Waals surface area contributed by atoms with E-state index in [1.54, 1.807) is 32.4 Å². The highest BCUT2D eigenvalue weighted by Gasteiger charge is 2.09. The van der Waals surface area contributed by atoms with Crippen molar-refractivity contribution in [3.63, 3.8) is 0 Å². The topological polar surface area (TPSA) is 56.8 Å². The Hall–Kier alpha value is -2.11. The van der Waals surface area contributed by atoms with E-state index in [1.165, 1.54) is 0 Å². The van der Waals surface area contributed by atoms with Gasteiger partial charge >= 0.3 is 0 Å². The number of nitrogens with one attached hydrogen (secondary N) is 1. The van der Waals surface area contributed by atoms with Crippen molar-refractivity contribution >= 4 is 29.1 Å². The zero-order chi connectivity index (χ0) is 18.2. The predicted molar refractivity (Wildman–Crippen MR) is 98.2 cm³/mol. The molecular formula is C18H19Cl2NO4. The second-order valence-corrected chi connectivity index (χ2v) is 5.92. The average molecular weight is 384 g/mol. The van der Waals surface area contributed by atoms with E-state index in [-0.39, 0.29) is 12.5 Å². The van der Waals surface area contributed by atoms with Crippen molar-refractivity contribution in [3.05, 3.63) is 52.0 Å². The number of halogens is 2. The zero-order valence-electron chi connectivity index (χ0n) is 14.0. The highest BCUT2D eigenvalue weighted by molar-refractivity contribution is 6.42. The van der Waals surface area contributed by atoms with Gasteiger partial charge in [0.1, 0.15) is 10.8 Å². The number of carbonyl (C=O) groups excluding carboxylic acids is 1. The minimum atomic E-state index is -0.239. The molecule has 2 aromatic rings. The van der Waals surface area contributed by atoms with Gasteiger partial charge in [0.25, 0.3) is 5.91 Å². The van der Waals surface area contributed by atoms with E-state index in [0.29, 0.717) is 40.3 Å². The maximum absolute atomic E-state index is 11.9. The van der Waals surface area contributed by atoms with Crippen molar-refractivity contribution in [3.8, 4) is 17.2 Å². The standard InChI is InChI=1S/C18H19Cl2NO4/c1-23-14-7-6-12(10-16(14)24-2)8-9-21-17(22)11-25-15-5-3-4-13(19)18(15)20/h3-7,10H,8-9,11H2,1-2H3,(H,21,22). The van der Waals surface area contributed by atoms with Crippen LogP contribution in [0.2, 0.25) is 10.0 Å². The van der Waals surface area contributed by atoms with Gasteiger partial charge in [-0.3, -0.25) is 4.79 Å². The fourth-order valence-electron chi connectivity index (χ4n) is 2.17. The van der Waals surface area contributed by atoms with Crippen molar-refractivity contribution in [2.45, 2.75) is 6.42 Å². The average Bonchev–Trinajstić information content (AvgIpc) is 2.62. The van der Waals surface area contributed by atoms with Gasteiger partial charge in [-0.1, -0.05) is 35.3 Å². The van der Waals surface area contributed by atoms with Gasteiger partial charge < -0.3 is 19.5 Å². The predicted octanol–water partition coefficient (Wildman–Crippen LogP) is 3.75. The van der Waals surface area contributed by atoms with Gasteiger partial charge in [-0.15, -0.1) is 0 Å². The van der Waals surface area contributed by atoms with Crippen LogP contribution in [-0.4, -0.2) is 33.3 Å².